The molecule has 5 nitrogen and oxygen atoms in total. The van der Waals surface area contributed by atoms with Gasteiger partial charge in [0.15, 0.2) is 5.54 Å². The number of carbonyl (C=O) groups is 2. The summed E-state index contributed by atoms with van der Waals surface area (Å²) in [7, 11) is 0. The molecule has 0 spiro atoms. The van der Waals surface area contributed by atoms with Crippen LogP contribution >= 0.6 is 0 Å². The van der Waals surface area contributed by atoms with Gasteiger partial charge in [-0.15, -0.1) is 0 Å². The lowest BCUT2D eigenvalue weighted by Gasteiger charge is -2.42. The number of alkyl carbamates (subject to hydrolysis) is 1. The molecule has 1 atom stereocenters. The van der Waals surface area contributed by atoms with Crippen LogP contribution in [0.3, 0.4) is 0 Å². The molecule has 0 saturated heterocycles. The number of carbonyl (C=O) groups excluding carboxylic acids is 1. The fourth-order valence-electron chi connectivity index (χ4n) is 5.43. The van der Waals surface area contributed by atoms with Gasteiger partial charge in [-0.3, -0.25) is 0 Å². The van der Waals surface area contributed by atoms with Crippen LogP contribution in [0.1, 0.15) is 54.9 Å². The van der Waals surface area contributed by atoms with E-state index in [0.717, 1.165) is 27.8 Å². The number of rotatable bonds is 4. The van der Waals surface area contributed by atoms with E-state index in [1.54, 1.807) is 6.07 Å². The first-order valence-corrected chi connectivity index (χ1v) is 11.3. The van der Waals surface area contributed by atoms with Crippen LogP contribution in [0.15, 0.2) is 72.8 Å². The van der Waals surface area contributed by atoms with E-state index in [2.05, 4.69) is 43.4 Å². The zero-order valence-electron chi connectivity index (χ0n) is 18.8. The van der Waals surface area contributed by atoms with Crippen LogP contribution in [0.5, 0.6) is 0 Å². The monoisotopic (exact) mass is 441 g/mol. The van der Waals surface area contributed by atoms with E-state index >= 15 is 0 Å². The SMILES string of the molecule is CC1(C)CCC(NC(=O)OCC2c3ccccc3-c3ccccc32)(C(=O)O)c2ccccc21. The third-order valence-electron chi connectivity index (χ3n) is 7.27. The Morgan fingerprint density at radius 3 is 2.03 bits per heavy atom. The van der Waals surface area contributed by atoms with Crippen molar-refractivity contribution in [3.63, 3.8) is 0 Å². The van der Waals surface area contributed by atoms with Crippen LogP contribution in [0.4, 0.5) is 4.79 Å². The fraction of sp³-hybridized carbons (Fsp3) is 0.286. The molecule has 0 bridgehead atoms. The minimum Gasteiger partial charge on any atom is -0.479 e. The topological polar surface area (TPSA) is 75.6 Å². The average molecular weight is 442 g/mol. The van der Waals surface area contributed by atoms with Crippen LogP contribution in [-0.4, -0.2) is 23.8 Å². The number of fused-ring (bicyclic) bond motifs is 4. The van der Waals surface area contributed by atoms with Crippen molar-refractivity contribution in [3.05, 3.63) is 95.1 Å². The first kappa shape index (κ1) is 21.3. The normalized spacial score (nSPS) is 20.3. The molecule has 0 heterocycles. The molecule has 1 amide bonds. The Hall–Kier alpha value is -3.60. The van der Waals surface area contributed by atoms with Gasteiger partial charge in [-0.2, -0.15) is 0 Å². The maximum Gasteiger partial charge on any atom is 0.408 e. The maximum absolute atomic E-state index is 13.0. The first-order valence-electron chi connectivity index (χ1n) is 11.3. The highest BCUT2D eigenvalue weighted by Gasteiger charge is 2.49. The minimum atomic E-state index is -1.51. The lowest BCUT2D eigenvalue weighted by Crippen LogP contribution is -2.55. The van der Waals surface area contributed by atoms with Crippen molar-refractivity contribution in [1.29, 1.82) is 0 Å². The molecular weight excluding hydrogens is 414 g/mol. The van der Waals surface area contributed by atoms with E-state index < -0.39 is 17.6 Å². The Balaban J connectivity index is 1.40. The molecule has 0 aliphatic heterocycles. The number of carboxylic acid groups (broad SMARTS) is 1. The molecule has 3 aromatic carbocycles. The molecule has 3 aromatic rings. The number of nitrogens with one attached hydrogen (secondary N) is 1. The molecule has 168 valence electrons. The summed E-state index contributed by atoms with van der Waals surface area (Å²) in [5, 5.41) is 13.0. The van der Waals surface area contributed by atoms with Gasteiger partial charge in [0.2, 0.25) is 0 Å². The second kappa shape index (κ2) is 7.77. The van der Waals surface area contributed by atoms with Gasteiger partial charge in [0.05, 0.1) is 0 Å². The number of ether oxygens (including phenoxy) is 1. The lowest BCUT2D eigenvalue weighted by molar-refractivity contribution is -0.146. The quantitative estimate of drug-likeness (QED) is 0.554. The van der Waals surface area contributed by atoms with E-state index in [0.29, 0.717) is 18.4 Å². The number of benzene rings is 3. The number of carboxylic acids is 1. The third kappa shape index (κ3) is 3.39. The molecule has 33 heavy (non-hydrogen) atoms. The predicted octanol–water partition coefficient (Wildman–Crippen LogP) is 5.58. The van der Waals surface area contributed by atoms with Gasteiger partial charge in [-0.1, -0.05) is 86.6 Å². The summed E-state index contributed by atoms with van der Waals surface area (Å²) in [5.41, 5.74) is 4.42. The van der Waals surface area contributed by atoms with Crippen molar-refractivity contribution in [2.24, 2.45) is 0 Å². The minimum absolute atomic E-state index is 0.0819. The highest BCUT2D eigenvalue weighted by molar-refractivity contribution is 5.87. The molecule has 0 radical (unpaired) electrons. The molecule has 5 heteroatoms. The summed E-state index contributed by atoms with van der Waals surface area (Å²) in [5.74, 6) is -1.15. The number of aliphatic carboxylic acids is 1. The third-order valence-corrected chi connectivity index (χ3v) is 7.27. The summed E-state index contributed by atoms with van der Waals surface area (Å²) in [6, 6.07) is 23.7. The number of hydrogen-bond acceptors (Lipinski definition) is 3. The second-order valence-corrected chi connectivity index (χ2v) is 9.59. The zero-order chi connectivity index (χ0) is 23.2. The van der Waals surface area contributed by atoms with Gasteiger partial charge >= 0.3 is 12.1 Å². The Kier molecular flexibility index (Phi) is 5.00. The molecule has 0 fully saturated rings. The van der Waals surface area contributed by atoms with Crippen LogP contribution in [-0.2, 0) is 20.5 Å². The molecular formula is C28H27NO4. The van der Waals surface area contributed by atoms with E-state index in [1.165, 1.54) is 0 Å². The van der Waals surface area contributed by atoms with Gasteiger partial charge in [-0.25, -0.2) is 9.59 Å². The Bertz CT molecular complexity index is 1200. The van der Waals surface area contributed by atoms with Crippen LogP contribution in [0.2, 0.25) is 0 Å². The molecule has 0 saturated carbocycles. The Morgan fingerprint density at radius 2 is 1.42 bits per heavy atom. The molecule has 2 aliphatic rings. The summed E-state index contributed by atoms with van der Waals surface area (Å²) in [4.78, 5) is 25.5. The summed E-state index contributed by atoms with van der Waals surface area (Å²) in [6.45, 7) is 4.35. The smallest absolute Gasteiger partial charge is 0.408 e. The van der Waals surface area contributed by atoms with Crippen molar-refractivity contribution in [3.8, 4) is 11.1 Å². The van der Waals surface area contributed by atoms with Gasteiger partial charge in [0.25, 0.3) is 0 Å². The van der Waals surface area contributed by atoms with Crippen LogP contribution < -0.4 is 5.32 Å². The average Bonchev–Trinajstić information content (AvgIpc) is 3.13. The van der Waals surface area contributed by atoms with Crippen molar-refractivity contribution in [1.82, 2.24) is 5.32 Å². The standard InChI is InChI=1S/C28H27NO4/c1-27(2)15-16-28(25(30)31,24-14-8-7-13-23(24)27)29-26(32)33-17-22-20-11-5-3-9-18(20)19-10-4-6-12-21(19)22/h3-14,22H,15-17H2,1-2H3,(H,29,32)(H,30,31). The van der Waals surface area contributed by atoms with E-state index in [9.17, 15) is 14.7 Å². The zero-order valence-corrected chi connectivity index (χ0v) is 18.8. The van der Waals surface area contributed by atoms with Crippen LogP contribution in [0.25, 0.3) is 11.1 Å². The molecule has 0 aromatic heterocycles. The highest BCUT2D eigenvalue weighted by Crippen LogP contribution is 2.46. The van der Waals surface area contributed by atoms with E-state index in [4.69, 9.17) is 4.74 Å². The van der Waals surface area contributed by atoms with Crippen molar-refractivity contribution < 1.29 is 19.4 Å². The van der Waals surface area contributed by atoms with E-state index in [1.807, 2.05) is 42.5 Å². The summed E-state index contributed by atoms with van der Waals surface area (Å²) < 4.78 is 5.67. The van der Waals surface area contributed by atoms with Crippen molar-refractivity contribution in [2.45, 2.75) is 43.6 Å². The molecule has 5 rings (SSSR count). The van der Waals surface area contributed by atoms with Crippen LogP contribution in [0, 0.1) is 0 Å². The second-order valence-electron chi connectivity index (χ2n) is 9.59. The Morgan fingerprint density at radius 1 is 0.879 bits per heavy atom. The predicted molar refractivity (Wildman–Crippen MR) is 126 cm³/mol. The summed E-state index contributed by atoms with van der Waals surface area (Å²) >= 11 is 0. The first-order chi connectivity index (χ1) is 15.8. The largest absolute Gasteiger partial charge is 0.479 e. The van der Waals surface area contributed by atoms with Crippen molar-refractivity contribution >= 4 is 12.1 Å². The molecule has 1 unspecified atom stereocenters. The van der Waals surface area contributed by atoms with Crippen molar-refractivity contribution in [2.75, 3.05) is 6.61 Å². The highest BCUT2D eigenvalue weighted by atomic mass is 16.5. The number of amides is 1. The summed E-state index contributed by atoms with van der Waals surface area (Å²) in [6.07, 6.45) is 0.227. The molecule has 2 N–H and O–H groups in total. The lowest BCUT2D eigenvalue weighted by atomic mass is 9.65. The number of hydrogen-bond donors (Lipinski definition) is 2. The van der Waals surface area contributed by atoms with Gasteiger partial charge in [0.1, 0.15) is 6.61 Å². The molecule has 2 aliphatic carbocycles. The van der Waals surface area contributed by atoms with Gasteiger partial charge in [-0.05, 0) is 51.6 Å². The Labute approximate surface area is 193 Å². The van der Waals surface area contributed by atoms with Gasteiger partial charge < -0.3 is 15.2 Å². The fourth-order valence-corrected chi connectivity index (χ4v) is 5.43. The maximum atomic E-state index is 13.0. The van der Waals surface area contributed by atoms with E-state index in [-0.39, 0.29) is 17.9 Å². The van der Waals surface area contributed by atoms with Gasteiger partial charge in [0, 0.05) is 5.92 Å².